The van der Waals surface area contributed by atoms with Gasteiger partial charge in [0.2, 0.25) is 5.91 Å². The number of para-hydroxylation sites is 1. The van der Waals surface area contributed by atoms with E-state index in [0.29, 0.717) is 11.4 Å². The van der Waals surface area contributed by atoms with Crippen LogP contribution in [0.2, 0.25) is 0 Å². The largest absolute Gasteiger partial charge is 0.495 e. The summed E-state index contributed by atoms with van der Waals surface area (Å²) in [6.07, 6.45) is -0.175. The van der Waals surface area contributed by atoms with Gasteiger partial charge in [0.15, 0.2) is 5.11 Å². The van der Waals surface area contributed by atoms with Gasteiger partial charge in [-0.2, -0.15) is 12.6 Å². The number of amides is 1. The Morgan fingerprint density at radius 3 is 2.55 bits per heavy atom. The second-order valence-electron chi connectivity index (χ2n) is 6.28. The fraction of sp³-hybridized carbons (Fsp3) is 0.250. The normalized spacial score (nSPS) is 11.1. The first-order valence-electron chi connectivity index (χ1n) is 8.89. The first-order valence-corrected chi connectivity index (χ1v) is 9.81. The van der Waals surface area contributed by atoms with Gasteiger partial charge >= 0.3 is 0 Å². The van der Waals surface area contributed by atoms with E-state index in [1.807, 2.05) is 55.5 Å². The standard InChI is InChI=1S/C20H24N4O3S2/c1-13-8-9-17(27-2)16(10-13)22-20(29)24-23-18(26)11-15(25)12-19(28)21-14-6-4-3-5-7-14/h3-10,19,21,28H,11-12H2,1-2H3,(H,23,26)(H2,22,24,29). The maximum atomic E-state index is 12.1. The van der Waals surface area contributed by atoms with Crippen molar-refractivity contribution in [1.29, 1.82) is 0 Å². The summed E-state index contributed by atoms with van der Waals surface area (Å²) < 4.78 is 5.26. The smallest absolute Gasteiger partial charge is 0.245 e. The van der Waals surface area contributed by atoms with Crippen molar-refractivity contribution in [2.45, 2.75) is 25.1 Å². The molecule has 0 aromatic heterocycles. The zero-order valence-electron chi connectivity index (χ0n) is 16.2. The lowest BCUT2D eigenvalue weighted by molar-refractivity contribution is -0.128. The summed E-state index contributed by atoms with van der Waals surface area (Å²) in [6.45, 7) is 1.94. The average molecular weight is 433 g/mol. The van der Waals surface area contributed by atoms with Gasteiger partial charge in [0.25, 0.3) is 0 Å². The second kappa shape index (κ2) is 11.3. The van der Waals surface area contributed by atoms with E-state index in [9.17, 15) is 9.59 Å². The van der Waals surface area contributed by atoms with Gasteiger partial charge in [0, 0.05) is 12.1 Å². The fourth-order valence-electron chi connectivity index (χ4n) is 2.49. The summed E-state index contributed by atoms with van der Waals surface area (Å²) >= 11 is 9.51. The summed E-state index contributed by atoms with van der Waals surface area (Å²) in [7, 11) is 1.56. The molecule has 0 fully saturated rings. The number of carbonyl (C=O) groups is 2. The molecule has 2 rings (SSSR count). The van der Waals surface area contributed by atoms with Gasteiger partial charge in [-0.1, -0.05) is 24.3 Å². The molecule has 0 bridgehead atoms. The first-order chi connectivity index (χ1) is 13.9. The number of carbonyl (C=O) groups excluding carboxylic acids is 2. The Kier molecular flexibility index (Phi) is 8.75. The average Bonchev–Trinajstić information content (AvgIpc) is 2.67. The van der Waals surface area contributed by atoms with E-state index in [1.165, 1.54) is 0 Å². The van der Waals surface area contributed by atoms with Gasteiger partial charge < -0.3 is 15.4 Å². The Balaban J connectivity index is 1.74. The lowest BCUT2D eigenvalue weighted by atomic mass is 10.2. The van der Waals surface area contributed by atoms with E-state index in [1.54, 1.807) is 7.11 Å². The number of anilines is 2. The molecule has 0 heterocycles. The highest BCUT2D eigenvalue weighted by molar-refractivity contribution is 7.81. The van der Waals surface area contributed by atoms with Crippen molar-refractivity contribution in [3.8, 4) is 5.75 Å². The van der Waals surface area contributed by atoms with E-state index in [4.69, 9.17) is 17.0 Å². The highest BCUT2D eigenvalue weighted by atomic mass is 32.1. The number of methoxy groups -OCH3 is 1. The quantitative estimate of drug-likeness (QED) is 0.144. The maximum absolute atomic E-state index is 12.1. The van der Waals surface area contributed by atoms with Gasteiger partial charge in [-0.05, 0) is 49.0 Å². The van der Waals surface area contributed by atoms with Gasteiger partial charge in [-0.25, -0.2) is 0 Å². The molecule has 2 aromatic rings. The van der Waals surface area contributed by atoms with Crippen LogP contribution >= 0.6 is 24.8 Å². The van der Waals surface area contributed by atoms with Gasteiger partial charge in [0.05, 0.1) is 24.6 Å². The van der Waals surface area contributed by atoms with Crippen LogP contribution in [0.25, 0.3) is 0 Å². The van der Waals surface area contributed by atoms with Crippen molar-refractivity contribution in [3.63, 3.8) is 0 Å². The number of aryl methyl sites for hydroxylation is 1. The van der Waals surface area contributed by atoms with E-state index in [-0.39, 0.29) is 29.1 Å². The van der Waals surface area contributed by atoms with Crippen molar-refractivity contribution in [3.05, 3.63) is 54.1 Å². The lowest BCUT2D eigenvalue weighted by Crippen LogP contribution is -2.44. The summed E-state index contributed by atoms with van der Waals surface area (Å²) in [4.78, 5) is 24.0. The molecule has 0 aliphatic heterocycles. The number of nitrogens with one attached hydrogen (secondary N) is 4. The SMILES string of the molecule is COc1ccc(C)cc1NC(=S)NNC(=O)CC(=O)CC(S)Nc1ccccc1. The van der Waals surface area contributed by atoms with Crippen molar-refractivity contribution < 1.29 is 14.3 Å². The Labute approximate surface area is 181 Å². The van der Waals surface area contributed by atoms with Gasteiger partial charge in [0.1, 0.15) is 11.5 Å². The maximum Gasteiger partial charge on any atom is 0.245 e. The predicted molar refractivity (Wildman–Crippen MR) is 122 cm³/mol. The van der Waals surface area contributed by atoms with E-state index in [2.05, 4.69) is 34.1 Å². The molecule has 1 unspecified atom stereocenters. The molecular formula is C20H24N4O3S2. The summed E-state index contributed by atoms with van der Waals surface area (Å²) in [5.74, 6) is -0.116. The Morgan fingerprint density at radius 1 is 1.14 bits per heavy atom. The van der Waals surface area contributed by atoms with Crippen LogP contribution in [-0.2, 0) is 9.59 Å². The van der Waals surface area contributed by atoms with Crippen LogP contribution in [0.4, 0.5) is 11.4 Å². The number of hydrogen-bond acceptors (Lipinski definition) is 6. The lowest BCUT2D eigenvalue weighted by Gasteiger charge is -2.15. The molecule has 7 nitrogen and oxygen atoms in total. The minimum Gasteiger partial charge on any atom is -0.495 e. The van der Waals surface area contributed by atoms with Crippen molar-refractivity contribution in [2.24, 2.45) is 0 Å². The van der Waals surface area contributed by atoms with Crippen molar-refractivity contribution in [1.82, 2.24) is 10.9 Å². The summed E-state index contributed by atoms with van der Waals surface area (Å²) in [5.41, 5.74) is 7.53. The summed E-state index contributed by atoms with van der Waals surface area (Å²) in [6, 6.07) is 15.0. The molecule has 0 saturated heterocycles. The highest BCUT2D eigenvalue weighted by Gasteiger charge is 2.14. The van der Waals surface area contributed by atoms with E-state index < -0.39 is 5.91 Å². The van der Waals surface area contributed by atoms with Crippen LogP contribution in [0.5, 0.6) is 5.75 Å². The number of Topliss-reactive ketones (excluding diaryl/α,β-unsaturated/α-hetero) is 1. The zero-order chi connectivity index (χ0) is 21.2. The molecule has 0 radical (unpaired) electrons. The molecule has 0 aliphatic carbocycles. The van der Waals surface area contributed by atoms with Crippen LogP contribution in [0, 0.1) is 6.92 Å². The number of thiocarbonyl (C=S) groups is 1. The van der Waals surface area contributed by atoms with Crippen LogP contribution < -0.4 is 26.2 Å². The molecule has 0 saturated carbocycles. The minimum absolute atomic E-state index is 0.106. The van der Waals surface area contributed by atoms with Crippen LogP contribution in [0.3, 0.4) is 0 Å². The minimum atomic E-state index is -0.490. The Bertz CT molecular complexity index is 862. The first kappa shape index (κ1) is 22.5. The molecule has 154 valence electrons. The molecule has 0 aliphatic rings. The molecule has 1 amide bonds. The number of benzene rings is 2. The van der Waals surface area contributed by atoms with Gasteiger partial charge in [-0.3, -0.25) is 20.4 Å². The van der Waals surface area contributed by atoms with E-state index >= 15 is 0 Å². The number of hydrazine groups is 1. The zero-order valence-corrected chi connectivity index (χ0v) is 17.9. The van der Waals surface area contributed by atoms with Crippen LogP contribution in [0.1, 0.15) is 18.4 Å². The Morgan fingerprint density at radius 2 is 1.86 bits per heavy atom. The van der Waals surface area contributed by atoms with Crippen LogP contribution in [0.15, 0.2) is 48.5 Å². The molecule has 1 atom stereocenters. The Hall–Kier alpha value is -2.78. The fourth-order valence-corrected chi connectivity index (χ4v) is 3.00. The number of hydrogen-bond donors (Lipinski definition) is 5. The van der Waals surface area contributed by atoms with Gasteiger partial charge in [-0.15, -0.1) is 0 Å². The third-order valence-corrected chi connectivity index (χ3v) is 4.32. The number of rotatable bonds is 8. The monoisotopic (exact) mass is 432 g/mol. The molecule has 2 aromatic carbocycles. The molecule has 9 heteroatoms. The molecule has 0 spiro atoms. The second-order valence-corrected chi connectivity index (χ2v) is 7.31. The van der Waals surface area contributed by atoms with Crippen molar-refractivity contribution >= 4 is 53.0 Å². The molecule has 29 heavy (non-hydrogen) atoms. The van der Waals surface area contributed by atoms with E-state index in [0.717, 1.165) is 11.3 Å². The third-order valence-electron chi connectivity index (χ3n) is 3.80. The number of ether oxygens (including phenoxy) is 1. The highest BCUT2D eigenvalue weighted by Crippen LogP contribution is 2.24. The third kappa shape index (κ3) is 8.00. The number of thiol groups is 1. The topological polar surface area (TPSA) is 91.5 Å². The summed E-state index contributed by atoms with van der Waals surface area (Å²) in [5, 5.41) is 5.82. The molecule has 4 N–H and O–H groups in total. The van der Waals surface area contributed by atoms with Crippen LogP contribution in [-0.4, -0.2) is 29.3 Å². The predicted octanol–water partition coefficient (Wildman–Crippen LogP) is 3.04. The number of ketones is 1. The molecular weight excluding hydrogens is 408 g/mol. The van der Waals surface area contributed by atoms with Crippen molar-refractivity contribution in [2.75, 3.05) is 17.7 Å².